The van der Waals surface area contributed by atoms with E-state index in [0.717, 1.165) is 20.7 Å². The third kappa shape index (κ3) is 2.50. The summed E-state index contributed by atoms with van der Waals surface area (Å²) in [5, 5.41) is 3.14. The zero-order valence-electron chi connectivity index (χ0n) is 9.78. The van der Waals surface area contributed by atoms with Crippen LogP contribution in [0.4, 0.5) is 5.69 Å². The fourth-order valence-corrected chi connectivity index (χ4v) is 2.74. The third-order valence-corrected chi connectivity index (χ3v) is 4.22. The van der Waals surface area contributed by atoms with Crippen molar-refractivity contribution in [3.8, 4) is 0 Å². The lowest BCUT2D eigenvalue weighted by Gasteiger charge is -2.22. The Morgan fingerprint density at radius 1 is 1.16 bits per heavy atom. The maximum absolute atomic E-state index is 6.24. The van der Waals surface area contributed by atoms with Crippen LogP contribution in [0.15, 0.2) is 45.9 Å². The molecule has 0 spiro atoms. The van der Waals surface area contributed by atoms with Gasteiger partial charge in [0.25, 0.3) is 0 Å². The molecule has 0 N–H and O–H groups in total. The van der Waals surface area contributed by atoms with Gasteiger partial charge in [0, 0.05) is 15.9 Å². The molecule has 0 unspecified atom stereocenters. The molecular weight excluding hydrogens is 347 g/mol. The molecule has 0 saturated carbocycles. The minimum Gasteiger partial charge on any atom is -0.326 e. The van der Waals surface area contributed by atoms with Gasteiger partial charge >= 0.3 is 0 Å². The highest BCUT2D eigenvalue weighted by Gasteiger charge is 2.12. The predicted octanol–water partition coefficient (Wildman–Crippen LogP) is 3.59. The molecule has 0 amide bonds. The van der Waals surface area contributed by atoms with Crippen molar-refractivity contribution in [3.63, 3.8) is 0 Å². The van der Waals surface area contributed by atoms with Gasteiger partial charge in [0.1, 0.15) is 6.67 Å². The van der Waals surface area contributed by atoms with Crippen LogP contribution in [0.2, 0.25) is 10.0 Å². The number of fused-ring (bicyclic) bond motifs is 1. The summed E-state index contributed by atoms with van der Waals surface area (Å²) >= 11 is 15.7. The SMILES string of the molecule is Clc1cccc(N2C=c3ccc(Br)cc3=NC2)c1Cl. The quantitative estimate of drug-likeness (QED) is 0.763. The number of anilines is 1. The van der Waals surface area contributed by atoms with Gasteiger partial charge in [-0.15, -0.1) is 0 Å². The monoisotopic (exact) mass is 354 g/mol. The molecule has 0 aliphatic carbocycles. The second-order valence-electron chi connectivity index (χ2n) is 4.17. The molecule has 2 nitrogen and oxygen atoms in total. The average molecular weight is 356 g/mol. The maximum Gasteiger partial charge on any atom is 0.115 e. The first-order valence-corrected chi connectivity index (χ1v) is 7.22. The molecule has 1 aliphatic rings. The van der Waals surface area contributed by atoms with E-state index < -0.39 is 0 Å². The maximum atomic E-state index is 6.24. The highest BCUT2D eigenvalue weighted by Crippen LogP contribution is 2.32. The molecule has 2 aromatic carbocycles. The molecule has 96 valence electrons. The van der Waals surface area contributed by atoms with Crippen molar-refractivity contribution in [2.45, 2.75) is 0 Å². The molecular formula is C14H9BrCl2N2. The summed E-state index contributed by atoms with van der Waals surface area (Å²) < 4.78 is 1.03. The summed E-state index contributed by atoms with van der Waals surface area (Å²) in [6, 6.07) is 11.6. The summed E-state index contributed by atoms with van der Waals surface area (Å²) in [6.07, 6.45) is 2.03. The van der Waals surface area contributed by atoms with E-state index in [4.69, 9.17) is 23.2 Å². The van der Waals surface area contributed by atoms with Crippen molar-refractivity contribution in [2.24, 2.45) is 4.99 Å². The normalized spacial score (nSPS) is 13.5. The molecule has 5 heteroatoms. The molecule has 0 fully saturated rings. The Kier molecular flexibility index (Phi) is 3.52. The lowest BCUT2D eigenvalue weighted by molar-refractivity contribution is 0.938. The second kappa shape index (κ2) is 5.16. The van der Waals surface area contributed by atoms with Crippen LogP contribution < -0.4 is 15.5 Å². The van der Waals surface area contributed by atoms with Crippen molar-refractivity contribution >= 4 is 51.0 Å². The Bertz CT molecular complexity index is 759. The molecule has 0 saturated heterocycles. The second-order valence-corrected chi connectivity index (χ2v) is 5.88. The molecule has 0 bridgehead atoms. The van der Waals surface area contributed by atoms with Gasteiger partial charge in [-0.1, -0.05) is 51.3 Å². The lowest BCUT2D eigenvalue weighted by atomic mass is 10.2. The van der Waals surface area contributed by atoms with Gasteiger partial charge in [-0.3, -0.25) is 4.99 Å². The fourth-order valence-electron chi connectivity index (χ4n) is 1.98. The number of hydrogen-bond donors (Lipinski definition) is 0. The highest BCUT2D eigenvalue weighted by atomic mass is 79.9. The number of benzene rings is 2. The standard InChI is InChI=1S/C14H9BrCl2N2/c15-10-5-4-9-7-19(8-18-12(9)6-10)13-3-1-2-11(16)14(13)17/h1-7H,8H2. The number of halogens is 3. The van der Waals surface area contributed by atoms with Gasteiger partial charge in [0.2, 0.25) is 0 Å². The van der Waals surface area contributed by atoms with E-state index >= 15 is 0 Å². The van der Waals surface area contributed by atoms with Crippen LogP contribution >= 0.6 is 39.1 Å². The minimum atomic E-state index is 0.531. The van der Waals surface area contributed by atoms with Crippen molar-refractivity contribution < 1.29 is 0 Å². The lowest BCUT2D eigenvalue weighted by Crippen LogP contribution is -2.35. The van der Waals surface area contributed by atoms with Crippen molar-refractivity contribution in [1.82, 2.24) is 0 Å². The summed E-state index contributed by atoms with van der Waals surface area (Å²) in [5.74, 6) is 0. The molecule has 19 heavy (non-hydrogen) atoms. The van der Waals surface area contributed by atoms with Gasteiger partial charge in [0.15, 0.2) is 0 Å². The fraction of sp³-hybridized carbons (Fsp3) is 0.0714. The van der Waals surface area contributed by atoms with Crippen molar-refractivity contribution in [3.05, 3.63) is 61.5 Å². The molecule has 0 aromatic heterocycles. The van der Waals surface area contributed by atoms with Gasteiger partial charge < -0.3 is 4.90 Å². The predicted molar refractivity (Wildman–Crippen MR) is 83.2 cm³/mol. The third-order valence-electron chi connectivity index (χ3n) is 2.92. The van der Waals surface area contributed by atoms with E-state index in [9.17, 15) is 0 Å². The Labute approximate surface area is 129 Å². The Hall–Kier alpha value is -1.03. The van der Waals surface area contributed by atoms with Crippen LogP contribution in [-0.2, 0) is 0 Å². The number of nitrogens with zero attached hydrogens (tertiary/aromatic N) is 2. The zero-order chi connectivity index (χ0) is 13.4. The zero-order valence-corrected chi connectivity index (χ0v) is 12.9. The van der Waals surface area contributed by atoms with Crippen LogP contribution in [0, 0.1) is 0 Å². The van der Waals surface area contributed by atoms with Gasteiger partial charge in [-0.25, -0.2) is 0 Å². The summed E-state index contributed by atoms with van der Waals surface area (Å²) in [5.41, 5.74) is 0.867. The largest absolute Gasteiger partial charge is 0.326 e. The molecule has 1 heterocycles. The molecule has 1 aliphatic heterocycles. The van der Waals surface area contributed by atoms with E-state index in [1.165, 1.54) is 0 Å². The summed E-state index contributed by atoms with van der Waals surface area (Å²) in [6.45, 7) is 0.531. The first-order valence-electron chi connectivity index (χ1n) is 5.68. The highest BCUT2D eigenvalue weighted by molar-refractivity contribution is 9.10. The minimum absolute atomic E-state index is 0.531. The number of rotatable bonds is 1. The smallest absolute Gasteiger partial charge is 0.115 e. The summed E-state index contributed by atoms with van der Waals surface area (Å²) in [7, 11) is 0. The van der Waals surface area contributed by atoms with Crippen molar-refractivity contribution in [1.29, 1.82) is 0 Å². The average Bonchev–Trinajstić information content (AvgIpc) is 2.41. The Balaban J connectivity index is 2.10. The van der Waals surface area contributed by atoms with Crippen LogP contribution in [0.3, 0.4) is 0 Å². The van der Waals surface area contributed by atoms with Crippen LogP contribution in [-0.4, -0.2) is 6.67 Å². The van der Waals surface area contributed by atoms with Crippen molar-refractivity contribution in [2.75, 3.05) is 11.6 Å². The molecule has 2 aromatic rings. The van der Waals surface area contributed by atoms with Gasteiger partial charge in [0.05, 0.1) is 21.1 Å². The Morgan fingerprint density at radius 2 is 2.00 bits per heavy atom. The molecule has 3 rings (SSSR count). The molecule has 0 atom stereocenters. The molecule has 0 radical (unpaired) electrons. The van der Waals surface area contributed by atoms with E-state index in [1.807, 2.05) is 41.4 Å². The van der Waals surface area contributed by atoms with E-state index in [1.54, 1.807) is 6.07 Å². The van der Waals surface area contributed by atoms with Crippen LogP contribution in [0.1, 0.15) is 0 Å². The van der Waals surface area contributed by atoms with Crippen LogP contribution in [0.25, 0.3) is 6.20 Å². The van der Waals surface area contributed by atoms with E-state index in [2.05, 4.69) is 20.9 Å². The first-order chi connectivity index (χ1) is 9.15. The topological polar surface area (TPSA) is 15.6 Å². The van der Waals surface area contributed by atoms with E-state index in [-0.39, 0.29) is 0 Å². The van der Waals surface area contributed by atoms with Crippen LogP contribution in [0.5, 0.6) is 0 Å². The summed E-state index contributed by atoms with van der Waals surface area (Å²) in [4.78, 5) is 6.54. The number of hydrogen-bond acceptors (Lipinski definition) is 2. The Morgan fingerprint density at radius 3 is 2.84 bits per heavy atom. The van der Waals surface area contributed by atoms with E-state index in [0.29, 0.717) is 16.7 Å². The van der Waals surface area contributed by atoms with Gasteiger partial charge in [-0.05, 0) is 24.3 Å². The first kappa shape index (κ1) is 13.0. The van der Waals surface area contributed by atoms with Gasteiger partial charge in [-0.2, -0.15) is 0 Å².